The van der Waals surface area contributed by atoms with Gasteiger partial charge in [-0.05, 0) is 18.2 Å². The molecular weight excluding hydrogens is 326 g/mol. The molecule has 0 saturated carbocycles. The molecule has 0 spiro atoms. The third-order valence-electron chi connectivity index (χ3n) is 2.24. The van der Waals surface area contributed by atoms with Crippen molar-refractivity contribution in [2.24, 2.45) is 0 Å². The highest BCUT2D eigenvalue weighted by atomic mass is 35.5. The van der Waals surface area contributed by atoms with Gasteiger partial charge >= 0.3 is 5.51 Å². The third kappa shape index (κ3) is 3.74. The summed E-state index contributed by atoms with van der Waals surface area (Å²) in [7, 11) is -5.70. The van der Waals surface area contributed by atoms with Crippen LogP contribution in [0.25, 0.3) is 0 Å². The number of nitrogens with one attached hydrogen (secondary N) is 1. The SMILES string of the molecule is O=S(=O)(c1cc(F)ccc1NCC(O)CCl)C(F)(F)F. The number of rotatable bonds is 5. The van der Waals surface area contributed by atoms with Crippen LogP contribution in [0.3, 0.4) is 0 Å². The Hall–Kier alpha value is -1.06. The highest BCUT2D eigenvalue weighted by molar-refractivity contribution is 7.92. The second kappa shape index (κ2) is 6.15. The molecule has 0 saturated heterocycles. The Morgan fingerprint density at radius 2 is 1.95 bits per heavy atom. The molecule has 20 heavy (non-hydrogen) atoms. The number of hydrogen-bond acceptors (Lipinski definition) is 4. The number of anilines is 1. The van der Waals surface area contributed by atoms with E-state index in [0.29, 0.717) is 0 Å². The number of hydrogen-bond donors (Lipinski definition) is 2. The second-order valence-electron chi connectivity index (χ2n) is 3.78. The fraction of sp³-hybridized carbons (Fsp3) is 0.400. The number of halogens is 5. The monoisotopic (exact) mass is 335 g/mol. The Bertz CT molecular complexity index is 576. The molecule has 0 aromatic heterocycles. The predicted octanol–water partition coefficient (Wildman–Crippen LogP) is 2.13. The van der Waals surface area contributed by atoms with Gasteiger partial charge in [-0.1, -0.05) is 0 Å². The zero-order valence-electron chi connectivity index (χ0n) is 9.79. The number of benzene rings is 1. The van der Waals surface area contributed by atoms with Crippen LogP contribution in [0.5, 0.6) is 0 Å². The van der Waals surface area contributed by atoms with Gasteiger partial charge in [-0.2, -0.15) is 13.2 Å². The van der Waals surface area contributed by atoms with Gasteiger partial charge in [-0.15, -0.1) is 11.6 Å². The zero-order valence-corrected chi connectivity index (χ0v) is 11.4. The summed E-state index contributed by atoms with van der Waals surface area (Å²) in [5.41, 5.74) is -6.02. The molecule has 1 aromatic rings. The standard InChI is InChI=1S/C10H10ClF4NO3S/c11-4-7(17)5-16-8-2-1-6(12)3-9(8)20(18,19)10(13,14)15/h1-3,7,16-17H,4-5H2. The van der Waals surface area contributed by atoms with Gasteiger partial charge < -0.3 is 10.4 Å². The second-order valence-corrected chi connectivity index (χ2v) is 6.00. The van der Waals surface area contributed by atoms with E-state index in [1.54, 1.807) is 0 Å². The first kappa shape index (κ1) is 17.0. The van der Waals surface area contributed by atoms with Crippen LogP contribution < -0.4 is 5.32 Å². The molecule has 4 nitrogen and oxygen atoms in total. The molecule has 1 rings (SSSR count). The van der Waals surface area contributed by atoms with Crippen molar-refractivity contribution in [3.8, 4) is 0 Å². The molecule has 0 aliphatic carbocycles. The summed E-state index contributed by atoms with van der Waals surface area (Å²) in [6.07, 6.45) is -1.09. The minimum absolute atomic E-state index is 0.199. The van der Waals surface area contributed by atoms with Gasteiger partial charge in [0.15, 0.2) is 0 Å². The summed E-state index contributed by atoms with van der Waals surface area (Å²) in [6.45, 7) is -0.282. The van der Waals surface area contributed by atoms with Gasteiger partial charge in [-0.25, -0.2) is 12.8 Å². The zero-order chi connectivity index (χ0) is 15.6. The average Bonchev–Trinajstić information content (AvgIpc) is 2.35. The van der Waals surface area contributed by atoms with Crippen LogP contribution in [0.4, 0.5) is 23.2 Å². The minimum Gasteiger partial charge on any atom is -0.390 e. The third-order valence-corrected chi connectivity index (χ3v) is 4.13. The fourth-order valence-electron chi connectivity index (χ4n) is 1.27. The minimum atomic E-state index is -5.70. The molecule has 10 heteroatoms. The van der Waals surface area contributed by atoms with Gasteiger partial charge in [0.05, 0.1) is 17.7 Å². The fourth-order valence-corrected chi connectivity index (χ4v) is 2.33. The summed E-state index contributed by atoms with van der Waals surface area (Å²) in [6, 6.07) is 1.90. The molecule has 114 valence electrons. The Kier molecular flexibility index (Phi) is 5.22. The molecule has 0 heterocycles. The lowest BCUT2D eigenvalue weighted by molar-refractivity contribution is -0.0435. The first-order valence-corrected chi connectivity index (χ1v) is 7.20. The molecule has 0 fully saturated rings. The van der Waals surface area contributed by atoms with E-state index in [0.717, 1.165) is 12.1 Å². The summed E-state index contributed by atoms with van der Waals surface area (Å²) in [5.74, 6) is -1.33. The molecule has 0 amide bonds. The predicted molar refractivity (Wildman–Crippen MR) is 64.9 cm³/mol. The van der Waals surface area contributed by atoms with E-state index in [9.17, 15) is 31.1 Å². The summed E-state index contributed by atoms with van der Waals surface area (Å²) in [5, 5.41) is 11.5. The van der Waals surface area contributed by atoms with Crippen LogP contribution >= 0.6 is 11.6 Å². The quantitative estimate of drug-likeness (QED) is 0.639. The van der Waals surface area contributed by atoms with Gasteiger partial charge in [0.2, 0.25) is 0 Å². The van der Waals surface area contributed by atoms with Crippen LogP contribution in [0.15, 0.2) is 23.1 Å². The summed E-state index contributed by atoms with van der Waals surface area (Å²) >= 11 is 5.30. The first-order valence-electron chi connectivity index (χ1n) is 5.18. The lowest BCUT2D eigenvalue weighted by atomic mass is 10.3. The van der Waals surface area contributed by atoms with E-state index < -0.39 is 37.8 Å². The van der Waals surface area contributed by atoms with E-state index in [-0.39, 0.29) is 18.5 Å². The number of aliphatic hydroxyl groups excluding tert-OH is 1. The smallest absolute Gasteiger partial charge is 0.390 e. The largest absolute Gasteiger partial charge is 0.501 e. The molecule has 0 radical (unpaired) electrons. The van der Waals surface area contributed by atoms with E-state index in [1.807, 2.05) is 0 Å². The van der Waals surface area contributed by atoms with Crippen molar-refractivity contribution < 1.29 is 31.1 Å². The van der Waals surface area contributed by atoms with Crippen LogP contribution in [-0.2, 0) is 9.84 Å². The van der Waals surface area contributed by atoms with Gasteiger partial charge in [0.25, 0.3) is 9.84 Å². The van der Waals surface area contributed by atoms with Crippen molar-refractivity contribution in [3.05, 3.63) is 24.0 Å². The maximum atomic E-state index is 13.0. The van der Waals surface area contributed by atoms with Crippen molar-refractivity contribution >= 4 is 27.1 Å². The maximum absolute atomic E-state index is 13.0. The van der Waals surface area contributed by atoms with Crippen LogP contribution in [0.1, 0.15) is 0 Å². The van der Waals surface area contributed by atoms with Crippen molar-refractivity contribution in [3.63, 3.8) is 0 Å². The lowest BCUT2D eigenvalue weighted by Crippen LogP contribution is -2.26. The van der Waals surface area contributed by atoms with Crippen LogP contribution in [0, 0.1) is 5.82 Å². The van der Waals surface area contributed by atoms with E-state index in [2.05, 4.69) is 5.32 Å². The summed E-state index contributed by atoms with van der Waals surface area (Å²) < 4.78 is 73.1. The van der Waals surface area contributed by atoms with Crippen molar-refractivity contribution in [1.29, 1.82) is 0 Å². The lowest BCUT2D eigenvalue weighted by Gasteiger charge is -2.15. The average molecular weight is 336 g/mol. The number of aliphatic hydroxyl groups is 1. The van der Waals surface area contributed by atoms with Gasteiger partial charge in [0.1, 0.15) is 10.7 Å². The Morgan fingerprint density at radius 1 is 1.35 bits per heavy atom. The van der Waals surface area contributed by atoms with Gasteiger partial charge in [-0.3, -0.25) is 0 Å². The van der Waals surface area contributed by atoms with E-state index >= 15 is 0 Å². The van der Waals surface area contributed by atoms with Crippen LogP contribution in [0.2, 0.25) is 0 Å². The van der Waals surface area contributed by atoms with Crippen molar-refractivity contribution in [1.82, 2.24) is 0 Å². The highest BCUT2D eigenvalue weighted by Gasteiger charge is 2.48. The normalized spacial score (nSPS) is 14.1. The van der Waals surface area contributed by atoms with Crippen molar-refractivity contribution in [2.45, 2.75) is 16.5 Å². The Labute approximate surface area is 117 Å². The molecule has 1 aromatic carbocycles. The highest BCUT2D eigenvalue weighted by Crippen LogP contribution is 2.34. The molecule has 0 bridgehead atoms. The number of sulfone groups is 1. The van der Waals surface area contributed by atoms with E-state index in [1.165, 1.54) is 0 Å². The Balaban J connectivity index is 3.22. The van der Waals surface area contributed by atoms with Crippen LogP contribution in [-0.4, -0.2) is 37.6 Å². The van der Waals surface area contributed by atoms with E-state index in [4.69, 9.17) is 11.6 Å². The molecule has 0 aliphatic heterocycles. The molecule has 1 atom stereocenters. The molecule has 0 aliphatic rings. The van der Waals surface area contributed by atoms with Crippen molar-refractivity contribution in [2.75, 3.05) is 17.7 Å². The molecule has 2 N–H and O–H groups in total. The molecular formula is C10H10ClF4NO3S. The summed E-state index contributed by atoms with van der Waals surface area (Å²) in [4.78, 5) is -1.24. The Morgan fingerprint density at radius 3 is 2.45 bits per heavy atom. The molecule has 1 unspecified atom stereocenters. The maximum Gasteiger partial charge on any atom is 0.501 e. The topological polar surface area (TPSA) is 66.4 Å². The number of alkyl halides is 4. The first-order chi connectivity index (χ1) is 9.09. The van der Waals surface area contributed by atoms with Gasteiger partial charge in [0, 0.05) is 6.54 Å².